The van der Waals surface area contributed by atoms with Gasteiger partial charge in [0.25, 0.3) is 5.91 Å². The van der Waals surface area contributed by atoms with Crippen LogP contribution < -0.4 is 10.3 Å². The van der Waals surface area contributed by atoms with Gasteiger partial charge in [0.2, 0.25) is 0 Å². The monoisotopic (exact) mass is 483 g/mol. The Morgan fingerprint density at radius 1 is 1.22 bits per heavy atom. The highest BCUT2D eigenvalue weighted by atomic mass is 79.9. The van der Waals surface area contributed by atoms with Gasteiger partial charge >= 0.3 is 4.87 Å². The van der Waals surface area contributed by atoms with Crippen LogP contribution in [0.25, 0.3) is 0 Å². The highest BCUT2D eigenvalue weighted by Crippen LogP contribution is 2.19. The van der Waals surface area contributed by atoms with Crippen LogP contribution >= 0.6 is 50.5 Å². The third-order valence-corrected chi connectivity index (χ3v) is 5.74. The number of benzene rings is 2. The highest BCUT2D eigenvalue weighted by molar-refractivity contribution is 9.10. The fourth-order valence-electron chi connectivity index (χ4n) is 2.23. The van der Waals surface area contributed by atoms with Crippen molar-refractivity contribution in [1.82, 2.24) is 9.99 Å². The Morgan fingerprint density at radius 3 is 2.67 bits per heavy atom. The quantitative estimate of drug-likeness (QED) is 0.418. The van der Waals surface area contributed by atoms with Crippen molar-refractivity contribution in [3.63, 3.8) is 0 Å². The van der Waals surface area contributed by atoms with Crippen LogP contribution in [0.3, 0.4) is 0 Å². The van der Waals surface area contributed by atoms with E-state index in [0.29, 0.717) is 22.0 Å². The molecular weight excluding hydrogens is 473 g/mol. The summed E-state index contributed by atoms with van der Waals surface area (Å²) in [5, 5.41) is 4.61. The summed E-state index contributed by atoms with van der Waals surface area (Å²) < 4.78 is 2.41. The Hall–Kier alpha value is -1.93. The Labute approximate surface area is 177 Å². The molecule has 1 heterocycles. The molecule has 0 aliphatic heterocycles. The summed E-state index contributed by atoms with van der Waals surface area (Å²) in [6, 6.07) is 14.1. The molecule has 3 rings (SSSR count). The first-order valence-corrected chi connectivity index (χ1v) is 10.0. The zero-order chi connectivity index (χ0) is 19.4. The second-order valence-corrected chi connectivity index (χ2v) is 8.15. The van der Waals surface area contributed by atoms with E-state index in [1.807, 2.05) is 24.3 Å². The number of carbonyl (C=O) groups excluding carboxylic acids is 1. The van der Waals surface area contributed by atoms with E-state index in [-0.39, 0.29) is 10.0 Å². The van der Waals surface area contributed by atoms with Crippen LogP contribution in [-0.2, 0) is 6.54 Å². The molecule has 1 aromatic heterocycles. The SMILES string of the molecule is O=C(N/N=C/c1sc(=O)n(Cc2ccc(Br)cc2)c1Cl)c1cccc(Cl)c1. The van der Waals surface area contributed by atoms with Gasteiger partial charge in [-0.2, -0.15) is 5.10 Å². The van der Waals surface area contributed by atoms with Crippen LogP contribution in [0.4, 0.5) is 0 Å². The van der Waals surface area contributed by atoms with Crippen LogP contribution in [0.1, 0.15) is 20.8 Å². The lowest BCUT2D eigenvalue weighted by Gasteiger charge is -2.04. The summed E-state index contributed by atoms with van der Waals surface area (Å²) in [6.07, 6.45) is 1.36. The number of hydrogen-bond donors (Lipinski definition) is 1. The predicted molar refractivity (Wildman–Crippen MR) is 113 cm³/mol. The minimum absolute atomic E-state index is 0.203. The van der Waals surface area contributed by atoms with Crippen molar-refractivity contribution in [2.45, 2.75) is 6.54 Å². The largest absolute Gasteiger partial charge is 0.309 e. The van der Waals surface area contributed by atoms with Gasteiger partial charge in [0.05, 0.1) is 17.6 Å². The lowest BCUT2D eigenvalue weighted by atomic mass is 10.2. The molecule has 27 heavy (non-hydrogen) atoms. The van der Waals surface area contributed by atoms with E-state index in [2.05, 4.69) is 26.5 Å². The molecule has 0 fully saturated rings. The number of thiazole rings is 1. The molecule has 0 saturated heterocycles. The van der Waals surface area contributed by atoms with Gasteiger partial charge in [-0.05, 0) is 35.9 Å². The Balaban J connectivity index is 1.72. The molecule has 0 radical (unpaired) electrons. The first kappa shape index (κ1) is 19.8. The molecule has 5 nitrogen and oxygen atoms in total. The second-order valence-electron chi connectivity index (χ2n) is 5.45. The average molecular weight is 485 g/mol. The third-order valence-electron chi connectivity index (χ3n) is 3.55. The van der Waals surface area contributed by atoms with Crippen molar-refractivity contribution in [1.29, 1.82) is 0 Å². The van der Waals surface area contributed by atoms with E-state index in [0.717, 1.165) is 21.4 Å². The van der Waals surface area contributed by atoms with Crippen LogP contribution in [0.5, 0.6) is 0 Å². The van der Waals surface area contributed by atoms with Gasteiger partial charge in [-0.3, -0.25) is 14.2 Å². The zero-order valence-corrected chi connectivity index (χ0v) is 17.6. The van der Waals surface area contributed by atoms with E-state index in [1.165, 1.54) is 16.8 Å². The van der Waals surface area contributed by atoms with Gasteiger partial charge in [-0.25, -0.2) is 5.43 Å². The Morgan fingerprint density at radius 2 is 1.96 bits per heavy atom. The van der Waals surface area contributed by atoms with Gasteiger partial charge in [-0.1, -0.05) is 68.7 Å². The van der Waals surface area contributed by atoms with Crippen LogP contribution in [0, 0.1) is 0 Å². The maximum Gasteiger partial charge on any atom is 0.309 e. The molecule has 0 spiro atoms. The summed E-state index contributed by atoms with van der Waals surface area (Å²) in [4.78, 5) is 24.5. The van der Waals surface area contributed by atoms with Crippen molar-refractivity contribution in [3.8, 4) is 0 Å². The molecule has 3 aromatic rings. The number of rotatable bonds is 5. The average Bonchev–Trinajstić information content (AvgIpc) is 2.91. The number of aromatic nitrogens is 1. The summed E-state index contributed by atoms with van der Waals surface area (Å²) >= 11 is 16.5. The van der Waals surface area contributed by atoms with Crippen molar-refractivity contribution < 1.29 is 4.79 Å². The molecule has 0 bridgehead atoms. The first-order chi connectivity index (χ1) is 12.9. The lowest BCUT2D eigenvalue weighted by Crippen LogP contribution is -2.17. The second kappa shape index (κ2) is 8.84. The van der Waals surface area contributed by atoms with Gasteiger partial charge in [-0.15, -0.1) is 0 Å². The molecule has 1 amide bonds. The maximum absolute atomic E-state index is 12.2. The molecule has 0 aliphatic carbocycles. The zero-order valence-electron chi connectivity index (χ0n) is 13.7. The topological polar surface area (TPSA) is 63.5 Å². The standard InChI is InChI=1S/C18H12BrCl2N3O2S/c19-13-6-4-11(5-7-13)10-24-16(21)15(27-18(24)26)9-22-23-17(25)12-2-1-3-14(20)8-12/h1-9H,10H2,(H,23,25)/b22-9+. The Bertz CT molecular complexity index is 1060. The van der Waals surface area contributed by atoms with Crippen LogP contribution in [0.2, 0.25) is 10.2 Å². The maximum atomic E-state index is 12.2. The predicted octanol–water partition coefficient (Wildman–Crippen LogP) is 4.79. The summed E-state index contributed by atoms with van der Waals surface area (Å²) in [6.45, 7) is 0.351. The summed E-state index contributed by atoms with van der Waals surface area (Å²) in [5.41, 5.74) is 3.71. The van der Waals surface area contributed by atoms with Crippen molar-refractivity contribution in [3.05, 3.63) is 88.9 Å². The number of amides is 1. The van der Waals surface area contributed by atoms with E-state index in [1.54, 1.807) is 18.2 Å². The number of nitrogens with zero attached hydrogens (tertiary/aromatic N) is 2. The molecular formula is C18H12BrCl2N3O2S. The van der Waals surface area contributed by atoms with Crippen molar-refractivity contribution >= 4 is 62.6 Å². The number of carbonyl (C=O) groups is 1. The van der Waals surface area contributed by atoms with E-state index < -0.39 is 5.91 Å². The summed E-state index contributed by atoms with van der Waals surface area (Å²) in [7, 11) is 0. The van der Waals surface area contributed by atoms with Crippen molar-refractivity contribution in [2.24, 2.45) is 5.10 Å². The molecule has 1 N–H and O–H groups in total. The Kier molecular flexibility index (Phi) is 6.49. The number of hydrazone groups is 1. The molecule has 0 aliphatic rings. The van der Waals surface area contributed by atoms with Gasteiger partial charge in [0, 0.05) is 15.1 Å². The van der Waals surface area contributed by atoms with E-state index in [9.17, 15) is 9.59 Å². The first-order valence-electron chi connectivity index (χ1n) is 7.66. The molecule has 138 valence electrons. The fourth-order valence-corrected chi connectivity index (χ4v) is 3.79. The molecule has 0 unspecified atom stereocenters. The van der Waals surface area contributed by atoms with Gasteiger partial charge in [0.15, 0.2) is 0 Å². The smallest absolute Gasteiger partial charge is 0.284 e. The summed E-state index contributed by atoms with van der Waals surface area (Å²) in [5.74, 6) is -0.411. The van der Waals surface area contributed by atoms with Gasteiger partial charge < -0.3 is 0 Å². The molecule has 9 heteroatoms. The van der Waals surface area contributed by atoms with Crippen molar-refractivity contribution in [2.75, 3.05) is 0 Å². The van der Waals surface area contributed by atoms with E-state index >= 15 is 0 Å². The van der Waals surface area contributed by atoms with Crippen LogP contribution in [-0.4, -0.2) is 16.7 Å². The fraction of sp³-hybridized carbons (Fsp3) is 0.0556. The number of nitrogens with one attached hydrogen (secondary N) is 1. The van der Waals surface area contributed by atoms with Gasteiger partial charge in [0.1, 0.15) is 5.15 Å². The lowest BCUT2D eigenvalue weighted by molar-refractivity contribution is 0.0955. The number of halogens is 3. The minimum atomic E-state index is -0.411. The molecule has 0 saturated carbocycles. The molecule has 0 atom stereocenters. The third kappa shape index (κ3) is 5.07. The number of hydrogen-bond acceptors (Lipinski definition) is 4. The normalized spacial score (nSPS) is 11.1. The van der Waals surface area contributed by atoms with Crippen LogP contribution in [0.15, 0.2) is 62.9 Å². The highest BCUT2D eigenvalue weighted by Gasteiger charge is 2.12. The minimum Gasteiger partial charge on any atom is -0.284 e. The molecule has 2 aromatic carbocycles. The van der Waals surface area contributed by atoms with E-state index in [4.69, 9.17) is 23.2 Å².